The smallest absolute Gasteiger partial charge is 0.337 e. The normalized spacial score (nSPS) is 10.3. The van der Waals surface area contributed by atoms with Gasteiger partial charge in [-0.25, -0.2) is 4.79 Å². The Balaban J connectivity index is 2.16. The molecule has 0 aliphatic carbocycles. The van der Waals surface area contributed by atoms with Crippen molar-refractivity contribution in [2.24, 2.45) is 0 Å². The highest BCUT2D eigenvalue weighted by Gasteiger charge is 2.10. The number of aromatic carboxylic acids is 1. The summed E-state index contributed by atoms with van der Waals surface area (Å²) in [7, 11) is 0. The van der Waals surface area contributed by atoms with Crippen molar-refractivity contribution < 1.29 is 9.90 Å². The molecule has 3 nitrogen and oxygen atoms in total. The maximum Gasteiger partial charge on any atom is 0.337 e. The van der Waals surface area contributed by atoms with Crippen LogP contribution in [0.3, 0.4) is 0 Å². The van der Waals surface area contributed by atoms with Gasteiger partial charge in [0, 0.05) is 21.6 Å². The minimum Gasteiger partial charge on any atom is -0.478 e. The van der Waals surface area contributed by atoms with Gasteiger partial charge in [-0.1, -0.05) is 15.9 Å². The van der Waals surface area contributed by atoms with E-state index in [9.17, 15) is 4.79 Å². The average molecular weight is 391 g/mol. The second-order valence-electron chi connectivity index (χ2n) is 3.55. The molecule has 0 amide bonds. The van der Waals surface area contributed by atoms with Crippen LogP contribution in [0.4, 0.5) is 5.69 Å². The molecule has 2 aromatic rings. The Morgan fingerprint density at radius 3 is 2.67 bits per heavy atom. The summed E-state index contributed by atoms with van der Waals surface area (Å²) >= 11 is 8.29. The molecule has 94 valence electrons. The predicted molar refractivity (Wildman–Crippen MR) is 80.4 cm³/mol. The lowest BCUT2D eigenvalue weighted by molar-refractivity contribution is 0.0698. The molecule has 1 aromatic heterocycles. The number of hydrogen-bond acceptors (Lipinski definition) is 3. The molecule has 0 unspecified atom stereocenters. The molecule has 18 heavy (non-hydrogen) atoms. The molecular weight excluding hydrogens is 382 g/mol. The highest BCUT2D eigenvalue weighted by molar-refractivity contribution is 9.11. The van der Waals surface area contributed by atoms with Crippen LogP contribution >= 0.6 is 43.2 Å². The van der Waals surface area contributed by atoms with Crippen molar-refractivity contribution >= 4 is 54.9 Å². The lowest BCUT2D eigenvalue weighted by Crippen LogP contribution is -2.05. The molecule has 1 heterocycles. The largest absolute Gasteiger partial charge is 0.478 e. The van der Waals surface area contributed by atoms with Gasteiger partial charge >= 0.3 is 5.97 Å². The summed E-state index contributed by atoms with van der Waals surface area (Å²) in [4.78, 5) is 12.3. The van der Waals surface area contributed by atoms with Crippen molar-refractivity contribution in [3.8, 4) is 0 Å². The Morgan fingerprint density at radius 1 is 1.28 bits per heavy atom. The third-order valence-corrected chi connectivity index (χ3v) is 4.41. The van der Waals surface area contributed by atoms with E-state index < -0.39 is 5.97 Å². The minimum atomic E-state index is -0.939. The van der Waals surface area contributed by atoms with E-state index in [4.69, 9.17) is 5.11 Å². The molecule has 0 bridgehead atoms. The maximum atomic E-state index is 11.1. The number of carboxylic acids is 1. The van der Waals surface area contributed by atoms with Crippen LogP contribution in [-0.2, 0) is 6.54 Å². The summed E-state index contributed by atoms with van der Waals surface area (Å²) in [5, 5.41) is 12.3. The van der Waals surface area contributed by atoms with E-state index in [2.05, 4.69) is 37.2 Å². The minimum absolute atomic E-state index is 0.264. The number of anilines is 1. The van der Waals surface area contributed by atoms with Crippen LogP contribution in [0.15, 0.2) is 38.6 Å². The van der Waals surface area contributed by atoms with E-state index in [0.717, 1.165) is 13.1 Å². The van der Waals surface area contributed by atoms with E-state index in [0.29, 0.717) is 12.2 Å². The van der Waals surface area contributed by atoms with Crippen LogP contribution in [0.25, 0.3) is 0 Å². The fourth-order valence-electron chi connectivity index (χ4n) is 1.48. The second kappa shape index (κ2) is 5.86. The zero-order valence-electron chi connectivity index (χ0n) is 9.11. The highest BCUT2D eigenvalue weighted by atomic mass is 79.9. The number of nitrogens with one attached hydrogen (secondary N) is 1. The molecule has 2 rings (SSSR count). The summed E-state index contributed by atoms with van der Waals surface area (Å²) < 4.78 is 1.82. The summed E-state index contributed by atoms with van der Waals surface area (Å²) in [6.45, 7) is 0.609. The van der Waals surface area contributed by atoms with Gasteiger partial charge < -0.3 is 10.4 Å². The number of carboxylic acid groups (broad SMARTS) is 1. The Morgan fingerprint density at radius 2 is 2.06 bits per heavy atom. The van der Waals surface area contributed by atoms with Crippen molar-refractivity contribution in [3.63, 3.8) is 0 Å². The molecule has 6 heteroatoms. The quantitative estimate of drug-likeness (QED) is 0.802. The molecular formula is C12H9Br2NO2S. The Labute approximate surface area is 125 Å². The van der Waals surface area contributed by atoms with Crippen molar-refractivity contribution in [2.45, 2.75) is 6.54 Å². The van der Waals surface area contributed by atoms with Crippen LogP contribution < -0.4 is 5.32 Å². The van der Waals surface area contributed by atoms with Gasteiger partial charge in [0.2, 0.25) is 0 Å². The summed E-state index contributed by atoms with van der Waals surface area (Å²) in [5.74, 6) is -0.939. The van der Waals surface area contributed by atoms with Crippen molar-refractivity contribution in [2.75, 3.05) is 5.32 Å². The van der Waals surface area contributed by atoms with Crippen LogP contribution in [-0.4, -0.2) is 11.1 Å². The maximum absolute atomic E-state index is 11.1. The third kappa shape index (κ3) is 3.34. The van der Waals surface area contributed by atoms with Crippen molar-refractivity contribution in [1.29, 1.82) is 0 Å². The highest BCUT2D eigenvalue weighted by Crippen LogP contribution is 2.25. The van der Waals surface area contributed by atoms with Crippen LogP contribution in [0.1, 0.15) is 15.2 Å². The van der Waals surface area contributed by atoms with E-state index in [1.54, 1.807) is 23.5 Å². The molecule has 0 aliphatic rings. The first-order chi connectivity index (χ1) is 8.56. The molecule has 0 saturated carbocycles. The fraction of sp³-hybridized carbons (Fsp3) is 0.0833. The molecule has 2 N–H and O–H groups in total. The van der Waals surface area contributed by atoms with Gasteiger partial charge in [-0.15, -0.1) is 11.3 Å². The van der Waals surface area contributed by atoms with E-state index >= 15 is 0 Å². The molecule has 0 atom stereocenters. The Kier molecular flexibility index (Phi) is 4.42. The van der Waals surface area contributed by atoms with Crippen LogP contribution in [0.5, 0.6) is 0 Å². The number of rotatable bonds is 4. The Hall–Kier alpha value is -0.850. The second-order valence-corrected chi connectivity index (χ2v) is 7.02. The number of benzene rings is 1. The molecule has 1 aromatic carbocycles. The zero-order valence-corrected chi connectivity index (χ0v) is 13.1. The number of thiophene rings is 1. The molecule has 0 spiro atoms. The van der Waals surface area contributed by atoms with Gasteiger partial charge in [-0.2, -0.15) is 0 Å². The monoisotopic (exact) mass is 389 g/mol. The molecule has 0 radical (unpaired) electrons. The fourth-order valence-corrected chi connectivity index (χ4v) is 3.26. The van der Waals surface area contributed by atoms with Crippen LogP contribution in [0, 0.1) is 0 Å². The first-order valence-corrected chi connectivity index (χ1v) is 7.47. The van der Waals surface area contributed by atoms with Gasteiger partial charge in [0.15, 0.2) is 0 Å². The van der Waals surface area contributed by atoms with E-state index in [-0.39, 0.29) is 5.56 Å². The van der Waals surface area contributed by atoms with Gasteiger partial charge in [0.05, 0.1) is 9.35 Å². The van der Waals surface area contributed by atoms with Crippen molar-refractivity contribution in [3.05, 3.63) is 49.0 Å². The van der Waals surface area contributed by atoms with Crippen molar-refractivity contribution in [1.82, 2.24) is 0 Å². The van der Waals surface area contributed by atoms with Crippen LogP contribution in [0.2, 0.25) is 0 Å². The number of hydrogen-bond donors (Lipinski definition) is 2. The zero-order chi connectivity index (χ0) is 13.1. The van der Waals surface area contributed by atoms with E-state index in [1.807, 2.05) is 18.2 Å². The Bertz CT molecular complexity index is 583. The van der Waals surface area contributed by atoms with Gasteiger partial charge in [0.1, 0.15) is 0 Å². The molecule has 0 fully saturated rings. The van der Waals surface area contributed by atoms with Gasteiger partial charge in [-0.3, -0.25) is 0 Å². The summed E-state index contributed by atoms with van der Waals surface area (Å²) in [6.07, 6.45) is 0. The summed E-state index contributed by atoms with van der Waals surface area (Å²) in [6, 6.07) is 9.15. The number of halogens is 2. The SMILES string of the molecule is O=C(O)c1cc(Br)ccc1NCc1ccc(Br)s1. The first kappa shape index (κ1) is 13.6. The lowest BCUT2D eigenvalue weighted by atomic mass is 10.2. The number of carbonyl (C=O) groups is 1. The molecule has 0 aliphatic heterocycles. The predicted octanol–water partition coefficient (Wildman–Crippen LogP) is 4.58. The average Bonchev–Trinajstić information content (AvgIpc) is 2.73. The van der Waals surface area contributed by atoms with E-state index in [1.165, 1.54) is 0 Å². The lowest BCUT2D eigenvalue weighted by Gasteiger charge is -2.08. The standard InChI is InChI=1S/C12H9Br2NO2S/c13-7-1-3-10(9(5-7)12(16)17)15-6-8-2-4-11(14)18-8/h1-5,15H,6H2,(H,16,17). The van der Waals surface area contributed by atoms with Gasteiger partial charge in [-0.05, 0) is 46.3 Å². The molecule has 0 saturated heterocycles. The van der Waals surface area contributed by atoms with Gasteiger partial charge in [0.25, 0.3) is 0 Å². The first-order valence-electron chi connectivity index (χ1n) is 5.07. The third-order valence-electron chi connectivity index (χ3n) is 2.29. The summed E-state index contributed by atoms with van der Waals surface area (Å²) in [5.41, 5.74) is 0.884. The topological polar surface area (TPSA) is 49.3 Å².